The molecule has 1 aromatic rings. The lowest BCUT2D eigenvalue weighted by atomic mass is 10.2. The molecule has 110 valence electrons. The lowest BCUT2D eigenvalue weighted by molar-refractivity contribution is 0.0293. The van der Waals surface area contributed by atoms with E-state index in [9.17, 15) is 4.79 Å². The first kappa shape index (κ1) is 15.0. The molecular formula is C13H19BrN4O2. The lowest BCUT2D eigenvalue weighted by Crippen LogP contribution is -2.36. The fourth-order valence-electron chi connectivity index (χ4n) is 1.97. The van der Waals surface area contributed by atoms with Crippen LogP contribution in [0.5, 0.6) is 0 Å². The van der Waals surface area contributed by atoms with E-state index < -0.39 is 5.60 Å². The van der Waals surface area contributed by atoms with Crippen LogP contribution in [0.1, 0.15) is 27.2 Å². The molecule has 0 aliphatic carbocycles. The van der Waals surface area contributed by atoms with Gasteiger partial charge in [0.25, 0.3) is 0 Å². The molecule has 1 fully saturated rings. The summed E-state index contributed by atoms with van der Waals surface area (Å²) in [5.74, 6) is 0.712. The van der Waals surface area contributed by atoms with Gasteiger partial charge in [0.2, 0.25) is 0 Å². The maximum absolute atomic E-state index is 11.9. The fraction of sp³-hybridized carbons (Fsp3) is 0.615. The quantitative estimate of drug-likeness (QED) is 0.894. The summed E-state index contributed by atoms with van der Waals surface area (Å²) >= 11 is 3.24. The Bertz CT molecular complexity index is 472. The standard InChI is InChI=1S/C13H19BrN4O2/c1-13(2,3)20-12(19)18-5-4-9(8-18)17-11-7-15-10(14)6-16-11/h6-7,9H,4-5,8H2,1-3H3,(H,16,17)/t9-/m0/s1. The second-order valence-electron chi connectivity index (χ2n) is 5.78. The van der Waals surface area contributed by atoms with E-state index in [0.29, 0.717) is 23.5 Å². The molecule has 6 nitrogen and oxygen atoms in total. The summed E-state index contributed by atoms with van der Waals surface area (Å²) in [7, 11) is 0. The third kappa shape index (κ3) is 4.33. The number of hydrogen-bond acceptors (Lipinski definition) is 5. The molecule has 1 aliphatic rings. The number of aromatic nitrogens is 2. The first-order chi connectivity index (χ1) is 9.33. The van der Waals surface area contributed by atoms with Crippen LogP contribution in [0.15, 0.2) is 17.0 Å². The molecule has 0 aromatic carbocycles. The topological polar surface area (TPSA) is 67.3 Å². The summed E-state index contributed by atoms with van der Waals surface area (Å²) in [5, 5.41) is 3.27. The van der Waals surface area contributed by atoms with Crippen molar-refractivity contribution in [3.8, 4) is 0 Å². The van der Waals surface area contributed by atoms with Gasteiger partial charge in [-0.25, -0.2) is 14.8 Å². The Morgan fingerprint density at radius 3 is 2.80 bits per heavy atom. The van der Waals surface area contributed by atoms with Crippen molar-refractivity contribution in [3.63, 3.8) is 0 Å². The SMILES string of the molecule is CC(C)(C)OC(=O)N1CC[C@H](Nc2cnc(Br)cn2)C1. The third-order valence-electron chi connectivity index (χ3n) is 2.81. The Labute approximate surface area is 127 Å². The number of ether oxygens (including phenoxy) is 1. The molecule has 0 saturated carbocycles. The van der Waals surface area contributed by atoms with Gasteiger partial charge in [-0.1, -0.05) is 0 Å². The van der Waals surface area contributed by atoms with Crippen LogP contribution in [0.25, 0.3) is 0 Å². The van der Waals surface area contributed by atoms with Crippen molar-refractivity contribution >= 4 is 27.8 Å². The maximum Gasteiger partial charge on any atom is 0.410 e. The van der Waals surface area contributed by atoms with Crippen LogP contribution in [0.2, 0.25) is 0 Å². The summed E-state index contributed by atoms with van der Waals surface area (Å²) in [6.07, 6.45) is 3.92. The molecule has 7 heteroatoms. The van der Waals surface area contributed by atoms with E-state index in [0.717, 1.165) is 6.42 Å². The van der Waals surface area contributed by atoms with E-state index in [-0.39, 0.29) is 12.1 Å². The largest absolute Gasteiger partial charge is 0.444 e. The molecule has 20 heavy (non-hydrogen) atoms. The van der Waals surface area contributed by atoms with Crippen LogP contribution in [-0.4, -0.2) is 45.7 Å². The molecule has 0 radical (unpaired) electrons. The average molecular weight is 343 g/mol. The van der Waals surface area contributed by atoms with Crippen LogP contribution in [0.4, 0.5) is 10.6 Å². The van der Waals surface area contributed by atoms with E-state index in [1.54, 1.807) is 17.3 Å². The van der Waals surface area contributed by atoms with Crippen molar-refractivity contribution in [3.05, 3.63) is 17.0 Å². The van der Waals surface area contributed by atoms with Crippen LogP contribution < -0.4 is 5.32 Å². The van der Waals surface area contributed by atoms with Crippen LogP contribution >= 0.6 is 15.9 Å². The van der Waals surface area contributed by atoms with Gasteiger partial charge in [-0.15, -0.1) is 0 Å². The van der Waals surface area contributed by atoms with Crippen molar-refractivity contribution in [2.24, 2.45) is 0 Å². The van der Waals surface area contributed by atoms with Gasteiger partial charge in [0, 0.05) is 19.1 Å². The second-order valence-corrected chi connectivity index (χ2v) is 6.59. The molecule has 1 aliphatic heterocycles. The summed E-state index contributed by atoms with van der Waals surface area (Å²) < 4.78 is 6.06. The number of carbonyl (C=O) groups is 1. The number of carbonyl (C=O) groups excluding carboxylic acids is 1. The normalized spacial score (nSPS) is 19.0. The Hall–Kier alpha value is -1.37. The third-order valence-corrected chi connectivity index (χ3v) is 3.22. The molecular weight excluding hydrogens is 324 g/mol. The smallest absolute Gasteiger partial charge is 0.410 e. The highest BCUT2D eigenvalue weighted by atomic mass is 79.9. The highest BCUT2D eigenvalue weighted by molar-refractivity contribution is 9.10. The average Bonchev–Trinajstić information content (AvgIpc) is 2.79. The Morgan fingerprint density at radius 1 is 1.45 bits per heavy atom. The molecule has 2 rings (SSSR count). The summed E-state index contributed by atoms with van der Waals surface area (Å²) in [6, 6.07) is 0.179. The molecule has 1 N–H and O–H groups in total. The first-order valence-corrected chi connectivity index (χ1v) is 7.35. The Morgan fingerprint density at radius 2 is 2.20 bits per heavy atom. The van der Waals surface area contributed by atoms with E-state index in [1.165, 1.54) is 0 Å². The van der Waals surface area contributed by atoms with Crippen LogP contribution in [0, 0.1) is 0 Å². The monoisotopic (exact) mass is 342 g/mol. The van der Waals surface area contributed by atoms with Crippen molar-refractivity contribution in [2.75, 3.05) is 18.4 Å². The minimum atomic E-state index is -0.459. The van der Waals surface area contributed by atoms with Crippen molar-refractivity contribution in [1.82, 2.24) is 14.9 Å². The van der Waals surface area contributed by atoms with E-state index in [4.69, 9.17) is 4.74 Å². The zero-order valence-electron chi connectivity index (χ0n) is 11.9. The zero-order chi connectivity index (χ0) is 14.8. The molecule has 0 bridgehead atoms. The molecule has 0 spiro atoms. The highest BCUT2D eigenvalue weighted by Gasteiger charge is 2.29. The van der Waals surface area contributed by atoms with E-state index in [1.807, 2.05) is 20.8 Å². The van der Waals surface area contributed by atoms with Gasteiger partial charge in [-0.2, -0.15) is 0 Å². The molecule has 2 heterocycles. The van der Waals surface area contributed by atoms with Crippen LogP contribution in [-0.2, 0) is 4.74 Å². The van der Waals surface area contributed by atoms with Gasteiger partial charge in [0.15, 0.2) is 0 Å². The first-order valence-electron chi connectivity index (χ1n) is 6.55. The van der Waals surface area contributed by atoms with Crippen molar-refractivity contribution < 1.29 is 9.53 Å². The number of hydrogen-bond donors (Lipinski definition) is 1. The molecule has 1 amide bonds. The second kappa shape index (κ2) is 5.95. The lowest BCUT2D eigenvalue weighted by Gasteiger charge is -2.24. The van der Waals surface area contributed by atoms with Gasteiger partial charge < -0.3 is 15.0 Å². The maximum atomic E-state index is 11.9. The molecule has 1 saturated heterocycles. The molecule has 0 unspecified atom stereocenters. The van der Waals surface area contributed by atoms with Crippen LogP contribution in [0.3, 0.4) is 0 Å². The minimum absolute atomic E-state index is 0.179. The summed E-state index contributed by atoms with van der Waals surface area (Å²) in [6.45, 7) is 6.92. The van der Waals surface area contributed by atoms with Gasteiger partial charge in [-0.05, 0) is 43.1 Å². The summed E-state index contributed by atoms with van der Waals surface area (Å²) in [5.41, 5.74) is -0.459. The predicted molar refractivity (Wildman–Crippen MR) is 79.6 cm³/mol. The fourth-order valence-corrected chi connectivity index (χ4v) is 2.17. The van der Waals surface area contributed by atoms with E-state index in [2.05, 4.69) is 31.2 Å². The number of anilines is 1. The van der Waals surface area contributed by atoms with Gasteiger partial charge in [-0.3, -0.25) is 0 Å². The predicted octanol–water partition coefficient (Wildman–Crippen LogP) is 2.66. The van der Waals surface area contributed by atoms with Gasteiger partial charge in [0.1, 0.15) is 16.0 Å². The van der Waals surface area contributed by atoms with Gasteiger partial charge >= 0.3 is 6.09 Å². The number of halogens is 1. The van der Waals surface area contributed by atoms with Crippen molar-refractivity contribution in [1.29, 1.82) is 0 Å². The van der Waals surface area contributed by atoms with E-state index >= 15 is 0 Å². The summed E-state index contributed by atoms with van der Waals surface area (Å²) in [4.78, 5) is 22.0. The molecule has 1 atom stereocenters. The Balaban J connectivity index is 1.86. The number of likely N-dealkylation sites (tertiary alicyclic amines) is 1. The highest BCUT2D eigenvalue weighted by Crippen LogP contribution is 2.18. The zero-order valence-corrected chi connectivity index (χ0v) is 13.5. The van der Waals surface area contributed by atoms with Gasteiger partial charge in [0.05, 0.1) is 12.4 Å². The number of nitrogens with one attached hydrogen (secondary N) is 1. The number of rotatable bonds is 2. The van der Waals surface area contributed by atoms with Crippen molar-refractivity contribution in [2.45, 2.75) is 38.8 Å². The molecule has 1 aromatic heterocycles. The number of nitrogens with zero attached hydrogens (tertiary/aromatic N) is 3. The number of amides is 1. The minimum Gasteiger partial charge on any atom is -0.444 e. The Kier molecular flexibility index (Phi) is 4.47.